The van der Waals surface area contributed by atoms with Crippen LogP contribution in [0.4, 0.5) is 10.5 Å². The van der Waals surface area contributed by atoms with Crippen LogP contribution in [-0.2, 0) is 9.59 Å². The molecule has 0 radical (unpaired) electrons. The highest BCUT2D eigenvalue weighted by molar-refractivity contribution is 8.18. The molecule has 3 aromatic rings. The molecule has 2 aromatic carbocycles. The van der Waals surface area contributed by atoms with Gasteiger partial charge in [-0.15, -0.1) is 0 Å². The van der Waals surface area contributed by atoms with Crippen molar-refractivity contribution in [1.82, 2.24) is 4.90 Å². The third-order valence-electron chi connectivity index (χ3n) is 4.88. The predicted molar refractivity (Wildman–Crippen MR) is 124 cm³/mol. The van der Waals surface area contributed by atoms with Crippen molar-refractivity contribution < 1.29 is 28.7 Å². The molecular formula is C24H18N2O6S. The Kier molecular flexibility index (Phi) is 6.14. The molecule has 0 aliphatic carbocycles. The number of para-hydroxylation sites is 1. The number of furan rings is 1. The van der Waals surface area contributed by atoms with E-state index in [1.807, 2.05) is 6.92 Å². The minimum Gasteiger partial charge on any atom is -0.478 e. The molecule has 0 saturated carbocycles. The molecule has 0 atom stereocenters. The summed E-state index contributed by atoms with van der Waals surface area (Å²) in [5.74, 6) is -1.37. The van der Waals surface area contributed by atoms with Crippen LogP contribution in [-0.4, -0.2) is 39.6 Å². The first-order chi connectivity index (χ1) is 15.8. The monoisotopic (exact) mass is 462 g/mol. The number of hydrogen-bond donors (Lipinski definition) is 2. The summed E-state index contributed by atoms with van der Waals surface area (Å²) in [6.07, 6.45) is 1.43. The molecule has 166 valence electrons. The second kappa shape index (κ2) is 9.17. The number of nitrogens with zero attached hydrogens (tertiary/aromatic N) is 1. The zero-order valence-corrected chi connectivity index (χ0v) is 18.2. The molecule has 1 saturated heterocycles. The topological polar surface area (TPSA) is 117 Å². The van der Waals surface area contributed by atoms with Crippen molar-refractivity contribution in [3.8, 4) is 11.3 Å². The Morgan fingerprint density at radius 3 is 2.58 bits per heavy atom. The number of amides is 3. The van der Waals surface area contributed by atoms with Gasteiger partial charge in [-0.05, 0) is 60.6 Å². The highest BCUT2D eigenvalue weighted by Gasteiger charge is 2.36. The fraction of sp³-hybridized carbons (Fsp3) is 0.0833. The number of carbonyl (C=O) groups is 4. The summed E-state index contributed by atoms with van der Waals surface area (Å²) in [5, 5.41) is 11.3. The van der Waals surface area contributed by atoms with Gasteiger partial charge in [0.05, 0.1) is 10.5 Å². The van der Waals surface area contributed by atoms with Gasteiger partial charge in [0.25, 0.3) is 11.1 Å². The first-order valence-corrected chi connectivity index (χ1v) is 10.7. The predicted octanol–water partition coefficient (Wildman–Crippen LogP) is 4.63. The van der Waals surface area contributed by atoms with Crippen molar-refractivity contribution in [3.05, 3.63) is 82.5 Å². The lowest BCUT2D eigenvalue weighted by molar-refractivity contribution is -0.127. The summed E-state index contributed by atoms with van der Waals surface area (Å²) < 4.78 is 5.78. The zero-order chi connectivity index (χ0) is 23.5. The van der Waals surface area contributed by atoms with E-state index in [0.29, 0.717) is 22.8 Å². The third kappa shape index (κ3) is 4.88. The van der Waals surface area contributed by atoms with Crippen LogP contribution < -0.4 is 5.32 Å². The van der Waals surface area contributed by atoms with Gasteiger partial charge >= 0.3 is 5.97 Å². The number of imide groups is 1. The van der Waals surface area contributed by atoms with Crippen LogP contribution in [0.3, 0.4) is 0 Å². The first-order valence-electron chi connectivity index (χ1n) is 9.86. The lowest BCUT2D eigenvalue weighted by Gasteiger charge is -2.12. The van der Waals surface area contributed by atoms with Crippen molar-refractivity contribution in [2.75, 3.05) is 11.9 Å². The molecule has 2 heterocycles. The number of nitrogens with one attached hydrogen (secondary N) is 1. The fourth-order valence-electron chi connectivity index (χ4n) is 3.23. The van der Waals surface area contributed by atoms with Crippen LogP contribution in [0.2, 0.25) is 0 Å². The van der Waals surface area contributed by atoms with Gasteiger partial charge in [0.2, 0.25) is 5.91 Å². The van der Waals surface area contributed by atoms with Crippen LogP contribution in [0.15, 0.2) is 70.0 Å². The number of carboxylic acid groups (broad SMARTS) is 1. The van der Waals surface area contributed by atoms with Gasteiger partial charge in [-0.2, -0.15) is 0 Å². The van der Waals surface area contributed by atoms with Gasteiger partial charge in [-0.1, -0.05) is 24.3 Å². The number of thioether (sulfide) groups is 1. The smallest absolute Gasteiger partial charge is 0.335 e. The quantitative estimate of drug-likeness (QED) is 0.513. The van der Waals surface area contributed by atoms with E-state index in [-0.39, 0.29) is 10.5 Å². The standard InChI is InChI=1S/C24H18N2O6S/c1-14-7-8-15(23(29)30)11-18(14)19-10-9-17(32-19)12-20-22(28)26(24(31)33-20)13-21(27)25-16-5-3-2-4-6-16/h2-12H,13H2,1H3,(H,25,27)(H,29,30). The summed E-state index contributed by atoms with van der Waals surface area (Å²) in [7, 11) is 0. The average molecular weight is 462 g/mol. The minimum absolute atomic E-state index is 0.128. The zero-order valence-electron chi connectivity index (χ0n) is 17.4. The average Bonchev–Trinajstić information content (AvgIpc) is 3.35. The first kappa shape index (κ1) is 22.1. The van der Waals surface area contributed by atoms with Crippen LogP contribution >= 0.6 is 11.8 Å². The molecule has 0 bridgehead atoms. The third-order valence-corrected chi connectivity index (χ3v) is 5.79. The second-order valence-electron chi connectivity index (χ2n) is 7.22. The SMILES string of the molecule is Cc1ccc(C(=O)O)cc1-c1ccc(C=C2SC(=O)N(CC(=O)Nc3ccccc3)C2=O)o1. The van der Waals surface area contributed by atoms with Crippen LogP contribution in [0.25, 0.3) is 17.4 Å². The number of rotatable bonds is 6. The van der Waals surface area contributed by atoms with Gasteiger partial charge < -0.3 is 14.8 Å². The maximum absolute atomic E-state index is 12.7. The van der Waals surface area contributed by atoms with Gasteiger partial charge in [-0.25, -0.2) is 4.79 Å². The lowest BCUT2D eigenvalue weighted by atomic mass is 10.0. The van der Waals surface area contributed by atoms with Gasteiger partial charge in [0.15, 0.2) is 0 Å². The Morgan fingerprint density at radius 1 is 1.09 bits per heavy atom. The molecule has 1 aliphatic rings. The molecule has 1 fully saturated rings. The van der Waals surface area contributed by atoms with E-state index in [4.69, 9.17) is 4.42 Å². The van der Waals surface area contributed by atoms with Crippen molar-refractivity contribution in [3.63, 3.8) is 0 Å². The Hall–Kier alpha value is -4.11. The molecule has 9 heteroatoms. The van der Waals surface area contributed by atoms with Gasteiger partial charge in [0.1, 0.15) is 18.1 Å². The van der Waals surface area contributed by atoms with Crippen LogP contribution in [0.1, 0.15) is 21.7 Å². The number of carbonyl (C=O) groups excluding carboxylic acids is 3. The van der Waals surface area contributed by atoms with Crippen LogP contribution in [0, 0.1) is 6.92 Å². The van der Waals surface area contributed by atoms with Gasteiger partial charge in [0, 0.05) is 17.3 Å². The van der Waals surface area contributed by atoms with E-state index < -0.39 is 29.6 Å². The Morgan fingerprint density at radius 2 is 1.85 bits per heavy atom. The summed E-state index contributed by atoms with van der Waals surface area (Å²) in [6.45, 7) is 1.43. The number of hydrogen-bond acceptors (Lipinski definition) is 6. The summed E-state index contributed by atoms with van der Waals surface area (Å²) in [5.41, 5.74) is 2.13. The van der Waals surface area contributed by atoms with E-state index in [2.05, 4.69) is 5.32 Å². The maximum Gasteiger partial charge on any atom is 0.335 e. The lowest BCUT2D eigenvalue weighted by Crippen LogP contribution is -2.36. The normalized spacial score (nSPS) is 14.7. The van der Waals surface area contributed by atoms with Crippen molar-refractivity contribution in [2.24, 2.45) is 0 Å². The molecule has 8 nitrogen and oxygen atoms in total. The molecule has 4 rings (SSSR count). The molecule has 1 aliphatic heterocycles. The number of anilines is 1. The molecule has 2 N–H and O–H groups in total. The van der Waals surface area contributed by atoms with E-state index in [1.54, 1.807) is 48.5 Å². The van der Waals surface area contributed by atoms with E-state index in [0.717, 1.165) is 22.2 Å². The summed E-state index contributed by atoms with van der Waals surface area (Å²) in [4.78, 5) is 49.5. The second-order valence-corrected chi connectivity index (χ2v) is 8.21. The molecule has 1 aromatic heterocycles. The van der Waals surface area contributed by atoms with E-state index in [1.165, 1.54) is 18.2 Å². The summed E-state index contributed by atoms with van der Waals surface area (Å²) in [6, 6.07) is 16.7. The molecule has 0 spiro atoms. The number of carboxylic acids is 1. The van der Waals surface area contributed by atoms with Gasteiger partial charge in [-0.3, -0.25) is 19.3 Å². The Labute approximate surface area is 192 Å². The largest absolute Gasteiger partial charge is 0.478 e. The number of aromatic carboxylic acids is 1. The van der Waals surface area contributed by atoms with Crippen molar-refractivity contribution in [2.45, 2.75) is 6.92 Å². The highest BCUT2D eigenvalue weighted by atomic mass is 32.2. The molecule has 3 amide bonds. The molecule has 33 heavy (non-hydrogen) atoms. The van der Waals surface area contributed by atoms with E-state index in [9.17, 15) is 24.3 Å². The molecular weight excluding hydrogens is 444 g/mol. The fourth-order valence-corrected chi connectivity index (χ4v) is 4.05. The number of benzene rings is 2. The molecule has 0 unspecified atom stereocenters. The van der Waals surface area contributed by atoms with Crippen molar-refractivity contribution >= 4 is 46.5 Å². The number of aryl methyl sites for hydroxylation is 1. The van der Waals surface area contributed by atoms with E-state index >= 15 is 0 Å². The highest BCUT2D eigenvalue weighted by Crippen LogP contribution is 2.34. The Balaban J connectivity index is 1.49. The summed E-state index contributed by atoms with van der Waals surface area (Å²) >= 11 is 0.720. The van der Waals surface area contributed by atoms with Crippen molar-refractivity contribution in [1.29, 1.82) is 0 Å². The minimum atomic E-state index is -1.05. The Bertz CT molecular complexity index is 1300. The van der Waals surface area contributed by atoms with Crippen LogP contribution in [0.5, 0.6) is 0 Å². The maximum atomic E-state index is 12.7.